The first-order chi connectivity index (χ1) is 13.5. The number of morpholine rings is 1. The first kappa shape index (κ1) is 19.6. The van der Waals surface area contributed by atoms with E-state index in [2.05, 4.69) is 25.8 Å². The van der Waals surface area contributed by atoms with E-state index in [-0.39, 0.29) is 18.4 Å². The minimum absolute atomic E-state index is 0.179. The van der Waals surface area contributed by atoms with Gasteiger partial charge < -0.3 is 24.8 Å². The van der Waals surface area contributed by atoms with Gasteiger partial charge in [0, 0.05) is 13.0 Å². The Morgan fingerprint density at radius 1 is 1.32 bits per heavy atom. The van der Waals surface area contributed by atoms with E-state index in [1.54, 1.807) is 25.1 Å². The van der Waals surface area contributed by atoms with Crippen LogP contribution >= 0.6 is 0 Å². The molecule has 0 spiro atoms. The highest BCUT2D eigenvalue weighted by molar-refractivity contribution is 5.86. The van der Waals surface area contributed by atoms with Crippen LogP contribution in [0, 0.1) is 6.92 Å². The highest BCUT2D eigenvalue weighted by Gasteiger charge is 2.36. The molecule has 10 nitrogen and oxygen atoms in total. The van der Waals surface area contributed by atoms with Crippen molar-refractivity contribution >= 4 is 11.8 Å². The molecule has 1 aliphatic rings. The second-order valence-electron chi connectivity index (χ2n) is 6.27. The van der Waals surface area contributed by atoms with Crippen LogP contribution in [0.2, 0.25) is 0 Å². The molecule has 2 atom stereocenters. The Labute approximate surface area is 162 Å². The molecule has 28 heavy (non-hydrogen) atoms. The van der Waals surface area contributed by atoms with Crippen LogP contribution in [0.5, 0.6) is 11.5 Å². The SMILES string of the molecule is COc1ccc([C@H]2NC(=O)CO[C@@H]2C(=O)NCCc2n[nH]c(C)n2)cc1OC. The maximum Gasteiger partial charge on any atom is 0.251 e. The Kier molecular flexibility index (Phi) is 6.09. The Bertz CT molecular complexity index is 853. The highest BCUT2D eigenvalue weighted by Crippen LogP contribution is 2.32. The lowest BCUT2D eigenvalue weighted by Crippen LogP contribution is -2.52. The van der Waals surface area contributed by atoms with E-state index >= 15 is 0 Å². The fraction of sp³-hybridized carbons (Fsp3) is 0.444. The summed E-state index contributed by atoms with van der Waals surface area (Å²) >= 11 is 0. The van der Waals surface area contributed by atoms with Crippen molar-refractivity contribution in [3.05, 3.63) is 35.4 Å². The zero-order valence-electron chi connectivity index (χ0n) is 15.9. The summed E-state index contributed by atoms with van der Waals surface area (Å²) in [5.74, 6) is 1.77. The lowest BCUT2D eigenvalue weighted by molar-refractivity contribution is -0.148. The molecule has 0 bridgehead atoms. The van der Waals surface area contributed by atoms with Crippen molar-refractivity contribution in [2.45, 2.75) is 25.5 Å². The third kappa shape index (κ3) is 4.39. The molecule has 3 rings (SSSR count). The summed E-state index contributed by atoms with van der Waals surface area (Å²) < 4.78 is 16.1. The number of carbonyl (C=O) groups excluding carboxylic acids is 2. The van der Waals surface area contributed by atoms with Gasteiger partial charge in [-0.1, -0.05) is 6.07 Å². The van der Waals surface area contributed by atoms with E-state index in [0.717, 1.165) is 0 Å². The van der Waals surface area contributed by atoms with Crippen LogP contribution in [-0.4, -0.2) is 60.5 Å². The number of ether oxygens (including phenoxy) is 3. The molecule has 1 aromatic heterocycles. The van der Waals surface area contributed by atoms with Gasteiger partial charge in [0.15, 0.2) is 23.4 Å². The molecule has 10 heteroatoms. The smallest absolute Gasteiger partial charge is 0.251 e. The van der Waals surface area contributed by atoms with Crippen LogP contribution in [0.3, 0.4) is 0 Å². The summed E-state index contributed by atoms with van der Waals surface area (Å²) in [6.07, 6.45) is -0.388. The third-order valence-corrected chi connectivity index (χ3v) is 4.33. The predicted octanol–water partition coefficient (Wildman–Crippen LogP) is 0.0453. The molecular formula is C18H23N5O5. The number of methoxy groups -OCH3 is 2. The number of hydrogen-bond donors (Lipinski definition) is 3. The summed E-state index contributed by atoms with van der Waals surface area (Å²) in [5.41, 5.74) is 0.676. The molecule has 2 heterocycles. The molecule has 0 unspecified atom stereocenters. The molecule has 1 fully saturated rings. The second kappa shape index (κ2) is 8.70. The molecule has 1 aliphatic heterocycles. The number of aryl methyl sites for hydroxylation is 1. The summed E-state index contributed by atoms with van der Waals surface area (Å²) in [4.78, 5) is 28.7. The van der Waals surface area contributed by atoms with Gasteiger partial charge >= 0.3 is 0 Å². The fourth-order valence-electron chi connectivity index (χ4n) is 2.98. The lowest BCUT2D eigenvalue weighted by Gasteiger charge is -2.32. The largest absolute Gasteiger partial charge is 0.493 e. The van der Waals surface area contributed by atoms with Crippen LogP contribution < -0.4 is 20.1 Å². The predicted molar refractivity (Wildman–Crippen MR) is 98.0 cm³/mol. The number of benzene rings is 1. The number of rotatable bonds is 7. The van der Waals surface area contributed by atoms with Crippen molar-refractivity contribution in [2.75, 3.05) is 27.4 Å². The van der Waals surface area contributed by atoms with E-state index in [9.17, 15) is 9.59 Å². The number of nitrogens with zero attached hydrogens (tertiary/aromatic N) is 2. The van der Waals surface area contributed by atoms with E-state index in [1.807, 2.05) is 0 Å². The molecule has 0 saturated carbocycles. The number of hydrogen-bond acceptors (Lipinski definition) is 7. The zero-order chi connectivity index (χ0) is 20.1. The molecule has 2 amide bonds. The van der Waals surface area contributed by atoms with Gasteiger partial charge in [-0.2, -0.15) is 5.10 Å². The second-order valence-corrected chi connectivity index (χ2v) is 6.27. The van der Waals surface area contributed by atoms with Crippen molar-refractivity contribution in [1.82, 2.24) is 25.8 Å². The van der Waals surface area contributed by atoms with Gasteiger partial charge in [0.1, 0.15) is 12.4 Å². The molecule has 2 aromatic rings. The van der Waals surface area contributed by atoms with Crippen molar-refractivity contribution in [2.24, 2.45) is 0 Å². The quantitative estimate of drug-likeness (QED) is 0.610. The van der Waals surface area contributed by atoms with Gasteiger partial charge in [0.2, 0.25) is 5.91 Å². The number of aromatic nitrogens is 3. The van der Waals surface area contributed by atoms with Crippen LogP contribution in [-0.2, 0) is 20.7 Å². The average Bonchev–Trinajstić information content (AvgIpc) is 3.12. The van der Waals surface area contributed by atoms with Crippen molar-refractivity contribution in [1.29, 1.82) is 0 Å². The first-order valence-electron chi connectivity index (χ1n) is 8.80. The molecule has 3 N–H and O–H groups in total. The summed E-state index contributed by atoms with van der Waals surface area (Å²) in [7, 11) is 3.06. The number of nitrogens with one attached hydrogen (secondary N) is 3. The maximum atomic E-state index is 12.7. The van der Waals surface area contributed by atoms with Crippen LogP contribution in [0.4, 0.5) is 0 Å². The first-order valence-corrected chi connectivity index (χ1v) is 8.80. The molecule has 0 radical (unpaired) electrons. The highest BCUT2D eigenvalue weighted by atomic mass is 16.5. The Morgan fingerprint density at radius 3 is 2.79 bits per heavy atom. The lowest BCUT2D eigenvalue weighted by atomic mass is 9.98. The summed E-state index contributed by atoms with van der Waals surface area (Å²) in [5, 5.41) is 12.4. The topological polar surface area (TPSA) is 127 Å². The molecule has 150 valence electrons. The van der Waals surface area contributed by atoms with Gasteiger partial charge in [-0.15, -0.1) is 0 Å². The van der Waals surface area contributed by atoms with Crippen molar-refractivity contribution in [3.63, 3.8) is 0 Å². The van der Waals surface area contributed by atoms with Crippen LogP contribution in [0.15, 0.2) is 18.2 Å². The monoisotopic (exact) mass is 389 g/mol. The van der Waals surface area contributed by atoms with Crippen molar-refractivity contribution < 1.29 is 23.8 Å². The van der Waals surface area contributed by atoms with E-state index in [0.29, 0.717) is 41.7 Å². The van der Waals surface area contributed by atoms with Crippen LogP contribution in [0.25, 0.3) is 0 Å². The number of aromatic amines is 1. The van der Waals surface area contributed by atoms with Gasteiger partial charge in [0.25, 0.3) is 5.91 Å². The normalized spacial score (nSPS) is 19.0. The number of H-pyrrole nitrogens is 1. The number of carbonyl (C=O) groups is 2. The van der Waals surface area contributed by atoms with Crippen LogP contribution in [0.1, 0.15) is 23.3 Å². The Hall–Kier alpha value is -3.14. The summed E-state index contributed by atoms with van der Waals surface area (Å²) in [6, 6.07) is 4.55. The summed E-state index contributed by atoms with van der Waals surface area (Å²) in [6.45, 7) is 1.98. The fourth-order valence-corrected chi connectivity index (χ4v) is 2.98. The van der Waals surface area contributed by atoms with E-state index in [1.165, 1.54) is 14.2 Å². The van der Waals surface area contributed by atoms with Gasteiger partial charge in [-0.3, -0.25) is 14.7 Å². The minimum Gasteiger partial charge on any atom is -0.493 e. The molecule has 0 aliphatic carbocycles. The Morgan fingerprint density at radius 2 is 2.11 bits per heavy atom. The van der Waals surface area contributed by atoms with E-state index < -0.39 is 12.1 Å². The van der Waals surface area contributed by atoms with E-state index in [4.69, 9.17) is 14.2 Å². The minimum atomic E-state index is -0.871. The van der Waals surface area contributed by atoms with Gasteiger partial charge in [-0.05, 0) is 24.6 Å². The third-order valence-electron chi connectivity index (χ3n) is 4.33. The maximum absolute atomic E-state index is 12.7. The van der Waals surface area contributed by atoms with Gasteiger partial charge in [-0.25, -0.2) is 4.98 Å². The zero-order valence-corrected chi connectivity index (χ0v) is 15.9. The Balaban J connectivity index is 1.70. The average molecular weight is 389 g/mol. The van der Waals surface area contributed by atoms with Crippen molar-refractivity contribution in [3.8, 4) is 11.5 Å². The molecule has 1 saturated heterocycles. The standard InChI is InChI=1S/C18H23N5O5/c1-10-20-14(23-22-10)6-7-19-18(25)17-16(21-15(24)9-28-17)11-4-5-12(26-2)13(8-11)27-3/h4-5,8,16-17H,6-7,9H2,1-3H3,(H,19,25)(H,21,24)(H,20,22,23)/t16-,17+/m1/s1. The molecule has 1 aromatic carbocycles. The van der Waals surface area contributed by atoms with Gasteiger partial charge in [0.05, 0.1) is 20.3 Å². The molecular weight excluding hydrogens is 366 g/mol. The number of amides is 2.